The van der Waals surface area contributed by atoms with Gasteiger partial charge in [0.15, 0.2) is 5.82 Å². The highest BCUT2D eigenvalue weighted by Crippen LogP contribution is 2.30. The van der Waals surface area contributed by atoms with E-state index in [0.29, 0.717) is 0 Å². The molecule has 2 heteroatoms. The van der Waals surface area contributed by atoms with E-state index >= 15 is 0 Å². The van der Waals surface area contributed by atoms with Crippen molar-refractivity contribution in [3.63, 3.8) is 0 Å². The van der Waals surface area contributed by atoms with E-state index in [1.807, 2.05) is 24.3 Å². The van der Waals surface area contributed by atoms with Crippen LogP contribution < -0.4 is 0 Å². The molecule has 0 radical (unpaired) electrons. The van der Waals surface area contributed by atoms with Gasteiger partial charge in [0.2, 0.25) is 0 Å². The second-order valence-electron chi connectivity index (χ2n) is 7.64. The topological polar surface area (TPSA) is 25.8 Å². The lowest BCUT2D eigenvalue weighted by molar-refractivity contribution is 1.18. The normalized spacial score (nSPS) is 10.7. The number of nitrogens with zero attached hydrogens (tertiary/aromatic N) is 2. The Balaban J connectivity index is 1.66. The molecule has 148 valence electrons. The van der Waals surface area contributed by atoms with E-state index in [2.05, 4.69) is 97.9 Å². The molecule has 5 aromatic rings. The molecule has 0 bridgehead atoms. The first kappa shape index (κ1) is 19.0. The van der Waals surface area contributed by atoms with Gasteiger partial charge in [0.05, 0.1) is 11.4 Å². The van der Waals surface area contributed by atoms with Crippen molar-refractivity contribution in [1.82, 2.24) is 9.97 Å². The van der Waals surface area contributed by atoms with Crippen molar-refractivity contribution >= 4 is 0 Å². The molecule has 0 saturated carbocycles. The Morgan fingerprint density at radius 3 is 1.65 bits per heavy atom. The number of aromatic nitrogens is 2. The molecule has 5 rings (SSSR count). The quantitative estimate of drug-likeness (QED) is 0.314. The molecule has 4 aromatic carbocycles. The highest BCUT2D eigenvalue weighted by Gasteiger charge is 2.11. The van der Waals surface area contributed by atoms with Crippen molar-refractivity contribution in [3.8, 4) is 45.0 Å². The number of hydrogen-bond donors (Lipinski definition) is 0. The van der Waals surface area contributed by atoms with E-state index in [9.17, 15) is 0 Å². The lowest BCUT2D eigenvalue weighted by Gasteiger charge is -2.11. The van der Waals surface area contributed by atoms with Crippen LogP contribution in [-0.4, -0.2) is 9.97 Å². The molecule has 0 aliphatic carbocycles. The Morgan fingerprint density at radius 2 is 0.968 bits per heavy atom. The van der Waals surface area contributed by atoms with E-state index in [4.69, 9.17) is 9.97 Å². The average molecular weight is 399 g/mol. The Morgan fingerprint density at radius 1 is 0.419 bits per heavy atom. The van der Waals surface area contributed by atoms with Crippen LogP contribution in [0.2, 0.25) is 0 Å². The molecule has 0 aliphatic rings. The highest BCUT2D eigenvalue weighted by molar-refractivity contribution is 5.75. The predicted octanol–water partition coefficient (Wildman–Crippen LogP) is 7.45. The minimum atomic E-state index is 0.737. The van der Waals surface area contributed by atoms with Gasteiger partial charge in [-0.05, 0) is 30.2 Å². The first-order valence-corrected chi connectivity index (χ1v) is 10.4. The molecular formula is C29H22N2. The van der Waals surface area contributed by atoms with Crippen LogP contribution in [0.3, 0.4) is 0 Å². The first-order chi connectivity index (χ1) is 15.3. The molecule has 0 atom stereocenters. The molecule has 0 amide bonds. The fourth-order valence-electron chi connectivity index (χ4n) is 3.67. The number of rotatable bonds is 4. The molecule has 0 aliphatic heterocycles. The smallest absolute Gasteiger partial charge is 0.160 e. The minimum absolute atomic E-state index is 0.737. The van der Waals surface area contributed by atoms with Crippen LogP contribution in [0.25, 0.3) is 45.0 Å². The fraction of sp³-hybridized carbons (Fsp3) is 0.0345. The third kappa shape index (κ3) is 4.15. The van der Waals surface area contributed by atoms with Crippen molar-refractivity contribution in [2.75, 3.05) is 0 Å². The van der Waals surface area contributed by atoms with Crippen LogP contribution in [0.15, 0.2) is 115 Å². The van der Waals surface area contributed by atoms with Crippen LogP contribution in [0.1, 0.15) is 5.56 Å². The maximum Gasteiger partial charge on any atom is 0.160 e. The van der Waals surface area contributed by atoms with Gasteiger partial charge < -0.3 is 0 Å². The average Bonchev–Trinajstić information content (AvgIpc) is 2.85. The lowest BCUT2D eigenvalue weighted by Crippen LogP contribution is -1.96. The summed E-state index contributed by atoms with van der Waals surface area (Å²) in [6.07, 6.45) is 0. The van der Waals surface area contributed by atoms with Gasteiger partial charge >= 0.3 is 0 Å². The maximum atomic E-state index is 4.95. The number of benzene rings is 4. The zero-order valence-electron chi connectivity index (χ0n) is 17.4. The maximum absolute atomic E-state index is 4.95. The molecule has 2 nitrogen and oxygen atoms in total. The zero-order chi connectivity index (χ0) is 21.0. The van der Waals surface area contributed by atoms with Gasteiger partial charge in [-0.2, -0.15) is 0 Å². The van der Waals surface area contributed by atoms with E-state index in [0.717, 1.165) is 33.9 Å². The second-order valence-corrected chi connectivity index (χ2v) is 7.64. The molecule has 0 saturated heterocycles. The Kier molecular flexibility index (Phi) is 5.12. The van der Waals surface area contributed by atoms with Crippen LogP contribution in [-0.2, 0) is 0 Å². The summed E-state index contributed by atoms with van der Waals surface area (Å²) in [6, 6.07) is 39.7. The largest absolute Gasteiger partial charge is 0.228 e. The predicted molar refractivity (Wildman–Crippen MR) is 129 cm³/mol. The van der Waals surface area contributed by atoms with Crippen LogP contribution in [0.5, 0.6) is 0 Å². The standard InChI is InChI=1S/C29H22N2/c1-21-15-17-24(18-16-21)29-30-27(23-11-6-3-7-12-23)20-28(31-29)26-14-8-13-25(19-26)22-9-4-2-5-10-22/h2-20H,1H3. The van der Waals surface area contributed by atoms with E-state index < -0.39 is 0 Å². The summed E-state index contributed by atoms with van der Waals surface area (Å²) in [6.45, 7) is 2.09. The van der Waals surface area contributed by atoms with E-state index in [1.165, 1.54) is 16.7 Å². The summed E-state index contributed by atoms with van der Waals surface area (Å²) in [5.41, 5.74) is 8.61. The summed E-state index contributed by atoms with van der Waals surface area (Å²) in [7, 11) is 0. The van der Waals surface area contributed by atoms with Gasteiger partial charge in [0, 0.05) is 16.7 Å². The third-order valence-corrected chi connectivity index (χ3v) is 5.37. The van der Waals surface area contributed by atoms with E-state index in [-0.39, 0.29) is 0 Å². The van der Waals surface area contributed by atoms with Gasteiger partial charge in [0.1, 0.15) is 0 Å². The molecule has 0 spiro atoms. The Labute approximate surface area is 182 Å². The molecule has 31 heavy (non-hydrogen) atoms. The number of aryl methyl sites for hydroxylation is 1. The van der Waals surface area contributed by atoms with Gasteiger partial charge in [-0.15, -0.1) is 0 Å². The monoisotopic (exact) mass is 398 g/mol. The third-order valence-electron chi connectivity index (χ3n) is 5.37. The minimum Gasteiger partial charge on any atom is -0.228 e. The van der Waals surface area contributed by atoms with Gasteiger partial charge in [-0.3, -0.25) is 0 Å². The SMILES string of the molecule is Cc1ccc(-c2nc(-c3ccccc3)cc(-c3cccc(-c4ccccc4)c3)n2)cc1. The van der Waals surface area contributed by atoms with Gasteiger partial charge in [-0.25, -0.2) is 9.97 Å². The van der Waals surface area contributed by atoms with Crippen molar-refractivity contribution in [3.05, 3.63) is 121 Å². The summed E-state index contributed by atoms with van der Waals surface area (Å²) in [5, 5.41) is 0. The summed E-state index contributed by atoms with van der Waals surface area (Å²) in [5.74, 6) is 0.737. The summed E-state index contributed by atoms with van der Waals surface area (Å²) >= 11 is 0. The highest BCUT2D eigenvalue weighted by atomic mass is 14.9. The van der Waals surface area contributed by atoms with E-state index in [1.54, 1.807) is 0 Å². The lowest BCUT2D eigenvalue weighted by atomic mass is 10.0. The van der Waals surface area contributed by atoms with Crippen molar-refractivity contribution < 1.29 is 0 Å². The van der Waals surface area contributed by atoms with Crippen molar-refractivity contribution in [2.45, 2.75) is 6.92 Å². The Hall–Kier alpha value is -4.04. The van der Waals surface area contributed by atoms with Crippen molar-refractivity contribution in [1.29, 1.82) is 0 Å². The fourth-order valence-corrected chi connectivity index (χ4v) is 3.67. The van der Waals surface area contributed by atoms with Crippen LogP contribution >= 0.6 is 0 Å². The zero-order valence-corrected chi connectivity index (χ0v) is 17.4. The molecule has 0 N–H and O–H groups in total. The molecule has 0 fully saturated rings. The first-order valence-electron chi connectivity index (χ1n) is 10.4. The molecular weight excluding hydrogens is 376 g/mol. The van der Waals surface area contributed by atoms with Gasteiger partial charge in [-0.1, -0.05) is 109 Å². The van der Waals surface area contributed by atoms with Crippen LogP contribution in [0, 0.1) is 6.92 Å². The van der Waals surface area contributed by atoms with Crippen LogP contribution in [0.4, 0.5) is 0 Å². The molecule has 1 aromatic heterocycles. The molecule has 0 unspecified atom stereocenters. The Bertz CT molecular complexity index is 1310. The van der Waals surface area contributed by atoms with Gasteiger partial charge in [0.25, 0.3) is 0 Å². The molecule has 1 heterocycles. The summed E-state index contributed by atoms with van der Waals surface area (Å²) in [4.78, 5) is 9.85. The number of hydrogen-bond acceptors (Lipinski definition) is 2. The second kappa shape index (κ2) is 8.37. The van der Waals surface area contributed by atoms with Crippen molar-refractivity contribution in [2.24, 2.45) is 0 Å². The summed E-state index contributed by atoms with van der Waals surface area (Å²) < 4.78 is 0.